The summed E-state index contributed by atoms with van der Waals surface area (Å²) in [6.07, 6.45) is 2.45. The van der Waals surface area contributed by atoms with E-state index in [1.807, 2.05) is 0 Å². The number of pyridine rings is 1. The first-order chi connectivity index (χ1) is 17.8. The molecule has 6 N–H and O–H groups in total. The van der Waals surface area contributed by atoms with Crippen molar-refractivity contribution in [1.29, 1.82) is 0 Å². The van der Waals surface area contributed by atoms with Crippen LogP contribution in [0, 0.1) is 0 Å². The number of amides is 1. The van der Waals surface area contributed by atoms with Crippen LogP contribution in [-0.4, -0.2) is 89.9 Å². The highest BCUT2D eigenvalue weighted by atomic mass is 16.5. The largest absolute Gasteiger partial charge is 0.507 e. The van der Waals surface area contributed by atoms with E-state index < -0.39 is 17.7 Å². The molecule has 12 nitrogen and oxygen atoms in total. The number of aliphatic carboxylic acids is 1. The maximum atomic E-state index is 13.4. The lowest BCUT2D eigenvalue weighted by Crippen LogP contribution is -2.68. The minimum Gasteiger partial charge on any atom is -0.507 e. The number of benzene rings is 1. The monoisotopic (exact) mass is 515 g/mol. The number of rotatable bonds is 13. The van der Waals surface area contributed by atoms with Crippen molar-refractivity contribution in [3.8, 4) is 17.4 Å². The summed E-state index contributed by atoms with van der Waals surface area (Å²) < 4.78 is 10.9. The van der Waals surface area contributed by atoms with E-state index in [4.69, 9.17) is 15.2 Å². The number of aromatic hydroxyl groups is 1. The zero-order valence-electron chi connectivity index (χ0n) is 20.7. The van der Waals surface area contributed by atoms with Crippen LogP contribution in [0.1, 0.15) is 40.0 Å². The second-order valence-corrected chi connectivity index (χ2v) is 8.68. The summed E-state index contributed by atoms with van der Waals surface area (Å²) in [5, 5.41) is 26.7. The summed E-state index contributed by atoms with van der Waals surface area (Å²) in [6.45, 7) is 1.19. The minimum atomic E-state index is -1.63. The number of aldehydes is 1. The van der Waals surface area contributed by atoms with E-state index in [9.17, 15) is 24.6 Å². The molecule has 1 aliphatic rings. The van der Waals surface area contributed by atoms with E-state index in [1.165, 1.54) is 37.6 Å². The lowest BCUT2D eigenvalue weighted by atomic mass is 9.92. The van der Waals surface area contributed by atoms with Crippen LogP contribution in [0.25, 0.3) is 0 Å². The molecule has 1 amide bonds. The number of piperazine rings is 1. The molecule has 12 heteroatoms. The molecule has 0 spiro atoms. The molecular formula is C25H33N5O7. The van der Waals surface area contributed by atoms with E-state index in [0.29, 0.717) is 50.9 Å². The van der Waals surface area contributed by atoms with Crippen LogP contribution < -0.4 is 25.8 Å². The second kappa shape index (κ2) is 13.0. The smallest absolute Gasteiger partial charge is 0.327 e. The highest BCUT2D eigenvalue weighted by molar-refractivity contribution is 5.94. The molecule has 3 rings (SSSR count). The number of carboxylic acid groups (broad SMARTS) is 1. The van der Waals surface area contributed by atoms with Crippen molar-refractivity contribution in [3.63, 3.8) is 0 Å². The molecule has 1 fully saturated rings. The van der Waals surface area contributed by atoms with Gasteiger partial charge in [-0.05, 0) is 44.0 Å². The van der Waals surface area contributed by atoms with Crippen molar-refractivity contribution in [3.05, 3.63) is 47.7 Å². The van der Waals surface area contributed by atoms with Gasteiger partial charge in [0.05, 0.1) is 18.8 Å². The number of phenols is 1. The third-order valence-electron chi connectivity index (χ3n) is 6.24. The zero-order chi connectivity index (χ0) is 26.8. The molecule has 200 valence electrons. The number of nitrogens with two attached hydrogens (primary N) is 1. The second-order valence-electron chi connectivity index (χ2n) is 8.68. The first-order valence-electron chi connectivity index (χ1n) is 12.0. The lowest BCUT2D eigenvalue weighted by Gasteiger charge is -2.42. The van der Waals surface area contributed by atoms with Gasteiger partial charge in [-0.3, -0.25) is 19.7 Å². The Kier molecular flexibility index (Phi) is 9.78. The normalized spacial score (nSPS) is 17.0. The predicted molar refractivity (Wildman–Crippen MR) is 134 cm³/mol. The topological polar surface area (TPSA) is 176 Å². The standard InChI is InChI=1S/C25H33N5O7/c1-36-22-13-17(7-10-28-22)23(33)30-12-11-27-14-21(30)29-25(24(34)35,8-2-3-9-26)16-37-20-6-4-5-19(32)18(20)15-31/h4-7,10,13,15,21,27,29,32H,2-3,8-9,11-12,14,16,26H2,1H3,(H,34,35)/t21?,25-/m0/s1. The maximum absolute atomic E-state index is 13.4. The number of phenolic OH excluding ortho intramolecular Hbond substituents is 1. The summed E-state index contributed by atoms with van der Waals surface area (Å²) in [5.74, 6) is -1.41. The molecule has 1 aliphatic heterocycles. The van der Waals surface area contributed by atoms with Crippen LogP contribution in [0.2, 0.25) is 0 Å². The van der Waals surface area contributed by atoms with Crippen molar-refractivity contribution >= 4 is 18.2 Å². The number of unbranched alkanes of at least 4 members (excludes halogenated alkanes) is 1. The molecule has 1 saturated heterocycles. The fourth-order valence-corrected chi connectivity index (χ4v) is 4.18. The molecule has 0 radical (unpaired) electrons. The Labute approximate surface area is 214 Å². The Morgan fingerprint density at radius 1 is 1.35 bits per heavy atom. The Hall–Kier alpha value is -3.74. The summed E-state index contributed by atoms with van der Waals surface area (Å²) in [6, 6.07) is 7.41. The number of ether oxygens (including phenoxy) is 2. The van der Waals surface area contributed by atoms with Crippen LogP contribution >= 0.6 is 0 Å². The summed E-state index contributed by atoms with van der Waals surface area (Å²) in [7, 11) is 1.46. The average molecular weight is 516 g/mol. The maximum Gasteiger partial charge on any atom is 0.327 e. The molecule has 0 aliphatic carbocycles. The quantitative estimate of drug-likeness (QED) is 0.186. The number of hydrogen-bond acceptors (Lipinski definition) is 10. The number of carboxylic acids is 1. The van der Waals surface area contributed by atoms with E-state index in [2.05, 4.69) is 15.6 Å². The van der Waals surface area contributed by atoms with Crippen molar-refractivity contribution < 1.29 is 34.1 Å². The Morgan fingerprint density at radius 3 is 2.86 bits per heavy atom. The van der Waals surface area contributed by atoms with Gasteiger partial charge in [-0.25, -0.2) is 4.98 Å². The minimum absolute atomic E-state index is 0.0554. The number of nitrogens with one attached hydrogen (secondary N) is 2. The third kappa shape index (κ3) is 6.73. The number of methoxy groups -OCH3 is 1. The van der Waals surface area contributed by atoms with Crippen molar-refractivity contribution in [2.45, 2.75) is 31.0 Å². The average Bonchev–Trinajstić information content (AvgIpc) is 2.91. The van der Waals surface area contributed by atoms with Gasteiger partial charge in [-0.2, -0.15) is 0 Å². The number of carbonyl (C=O) groups excluding carboxylic acids is 2. The van der Waals surface area contributed by atoms with Crippen molar-refractivity contribution in [1.82, 2.24) is 20.5 Å². The van der Waals surface area contributed by atoms with Gasteiger partial charge in [0, 0.05) is 37.5 Å². The van der Waals surface area contributed by atoms with Crippen LogP contribution in [-0.2, 0) is 4.79 Å². The van der Waals surface area contributed by atoms with Crippen LogP contribution in [0.3, 0.4) is 0 Å². The van der Waals surface area contributed by atoms with E-state index in [1.54, 1.807) is 11.0 Å². The fraction of sp³-hybridized carbons (Fsp3) is 0.440. The van der Waals surface area contributed by atoms with Crippen LogP contribution in [0.4, 0.5) is 0 Å². The summed E-state index contributed by atoms with van der Waals surface area (Å²) >= 11 is 0. The SMILES string of the molecule is COc1cc(C(=O)N2CCNCC2N[C@@](CCCCN)(COc2cccc(O)c2C=O)C(=O)O)ccn1. The van der Waals surface area contributed by atoms with Crippen molar-refractivity contribution in [2.24, 2.45) is 5.73 Å². The van der Waals surface area contributed by atoms with Gasteiger partial charge in [0.2, 0.25) is 5.88 Å². The van der Waals surface area contributed by atoms with Crippen LogP contribution in [0.15, 0.2) is 36.5 Å². The Morgan fingerprint density at radius 2 is 2.16 bits per heavy atom. The first kappa shape index (κ1) is 27.8. The van der Waals surface area contributed by atoms with Gasteiger partial charge in [0.15, 0.2) is 11.8 Å². The highest BCUT2D eigenvalue weighted by Crippen LogP contribution is 2.28. The molecule has 1 unspecified atom stereocenters. The summed E-state index contributed by atoms with van der Waals surface area (Å²) in [4.78, 5) is 43.2. The molecule has 0 saturated carbocycles. The third-order valence-corrected chi connectivity index (χ3v) is 6.24. The molecule has 2 heterocycles. The van der Waals surface area contributed by atoms with E-state index in [0.717, 1.165) is 0 Å². The molecule has 37 heavy (non-hydrogen) atoms. The Balaban J connectivity index is 1.90. The van der Waals surface area contributed by atoms with Gasteiger partial charge in [-0.1, -0.05) is 6.07 Å². The van der Waals surface area contributed by atoms with Gasteiger partial charge >= 0.3 is 5.97 Å². The summed E-state index contributed by atoms with van der Waals surface area (Å²) in [5.41, 5.74) is 4.30. The molecule has 1 aromatic carbocycles. The number of carbonyl (C=O) groups is 3. The molecule has 2 aromatic rings. The van der Waals surface area contributed by atoms with Gasteiger partial charge in [0.1, 0.15) is 18.1 Å². The first-order valence-corrected chi connectivity index (χ1v) is 12.0. The van der Waals surface area contributed by atoms with E-state index in [-0.39, 0.29) is 41.9 Å². The molecule has 1 aromatic heterocycles. The number of aromatic nitrogens is 1. The predicted octanol–water partition coefficient (Wildman–Crippen LogP) is 0.601. The highest BCUT2D eigenvalue weighted by Gasteiger charge is 2.43. The number of nitrogens with zero attached hydrogens (tertiary/aromatic N) is 2. The molecule has 2 atom stereocenters. The molecular weight excluding hydrogens is 482 g/mol. The lowest BCUT2D eigenvalue weighted by molar-refractivity contribution is -0.148. The molecule has 0 bridgehead atoms. The van der Waals surface area contributed by atoms with E-state index >= 15 is 0 Å². The van der Waals surface area contributed by atoms with Gasteiger partial charge < -0.3 is 35.6 Å². The zero-order valence-corrected chi connectivity index (χ0v) is 20.7. The van der Waals surface area contributed by atoms with Crippen LogP contribution in [0.5, 0.6) is 17.4 Å². The van der Waals surface area contributed by atoms with Gasteiger partial charge in [-0.15, -0.1) is 0 Å². The van der Waals surface area contributed by atoms with Gasteiger partial charge in [0.25, 0.3) is 5.91 Å². The Bertz CT molecular complexity index is 1100. The fourth-order valence-electron chi connectivity index (χ4n) is 4.18. The van der Waals surface area contributed by atoms with Crippen molar-refractivity contribution in [2.75, 3.05) is 39.9 Å². The number of hydrogen-bond donors (Lipinski definition) is 5.